The molecule has 32 heavy (non-hydrogen) atoms. The molecule has 0 aliphatic heterocycles. The van der Waals surface area contributed by atoms with Crippen LogP contribution in [0.15, 0.2) is 32.0 Å². The molecular formula is C18H18N6NiO7+2. The van der Waals surface area contributed by atoms with Crippen molar-refractivity contribution < 1.29 is 36.1 Å². The molecule has 1 heterocycles. The molecule has 0 radical (unpaired) electrons. The Hall–Kier alpha value is -3.51. The SMILES string of the molecule is CC(C)NC1C(=O)c2ccc([N+](=O)[O-])c(N=Nc3c(O)n(C)c(=O)n(C)c3=O)c2C1=O.[Ni+2]. The number of ketones is 2. The van der Waals surface area contributed by atoms with E-state index in [-0.39, 0.29) is 33.7 Å². The van der Waals surface area contributed by atoms with E-state index in [9.17, 15) is 34.4 Å². The van der Waals surface area contributed by atoms with Crippen LogP contribution >= 0.6 is 0 Å². The van der Waals surface area contributed by atoms with Gasteiger partial charge < -0.3 is 5.11 Å². The van der Waals surface area contributed by atoms with Crippen LogP contribution < -0.4 is 16.6 Å². The molecule has 1 atom stereocenters. The number of nitro groups is 1. The van der Waals surface area contributed by atoms with Crippen LogP contribution in [0.2, 0.25) is 0 Å². The number of nitro benzene ring substituents is 1. The minimum Gasteiger partial charge on any atom is -0.493 e. The van der Waals surface area contributed by atoms with Crippen LogP contribution in [-0.2, 0) is 30.6 Å². The molecule has 0 saturated heterocycles. The Balaban J connectivity index is 0.00000363. The number of aromatic nitrogens is 2. The predicted molar refractivity (Wildman–Crippen MR) is 107 cm³/mol. The normalized spacial score (nSPS) is 15.3. The summed E-state index contributed by atoms with van der Waals surface area (Å²) >= 11 is 0. The Kier molecular flexibility index (Phi) is 6.91. The first-order valence-corrected chi connectivity index (χ1v) is 9.04. The monoisotopic (exact) mass is 488 g/mol. The van der Waals surface area contributed by atoms with Gasteiger partial charge in [-0.1, -0.05) is 0 Å². The number of azo groups is 1. The molecule has 3 rings (SSSR count). The van der Waals surface area contributed by atoms with Gasteiger partial charge >= 0.3 is 22.2 Å². The van der Waals surface area contributed by atoms with Gasteiger partial charge in [0.25, 0.3) is 11.2 Å². The standard InChI is InChI=1S/C18H18N6O7.Ni/c1-7(2)19-12-14(25)8-5-6-9(24(30)31)11(10(8)15(12)26)20-21-13-16(27)22(3)18(29)23(4)17(13)28;/h5-7,12,19,27H,1-4H3;/q;+2. The zero-order chi connectivity index (χ0) is 23.2. The molecule has 0 spiro atoms. The fourth-order valence-electron chi connectivity index (χ4n) is 3.19. The number of carbonyl (C=O) groups excluding carboxylic acids is 2. The van der Waals surface area contributed by atoms with Gasteiger partial charge in [0.1, 0.15) is 6.04 Å². The van der Waals surface area contributed by atoms with E-state index < -0.39 is 56.7 Å². The van der Waals surface area contributed by atoms with Crippen LogP contribution in [0.4, 0.5) is 17.1 Å². The molecule has 0 fully saturated rings. The second kappa shape index (κ2) is 8.93. The van der Waals surface area contributed by atoms with E-state index in [1.165, 1.54) is 7.05 Å². The van der Waals surface area contributed by atoms with E-state index in [0.717, 1.165) is 23.7 Å². The van der Waals surface area contributed by atoms with Gasteiger partial charge in [-0.05, 0) is 19.9 Å². The number of nitrogens with zero attached hydrogens (tertiary/aromatic N) is 5. The molecule has 1 unspecified atom stereocenters. The topological polar surface area (TPSA) is 178 Å². The van der Waals surface area contributed by atoms with E-state index in [1.54, 1.807) is 13.8 Å². The number of fused-ring (bicyclic) bond motifs is 1. The third-order valence-corrected chi connectivity index (χ3v) is 4.75. The maximum Gasteiger partial charge on any atom is 2.00 e. The van der Waals surface area contributed by atoms with Crippen molar-refractivity contribution in [2.75, 3.05) is 0 Å². The van der Waals surface area contributed by atoms with Gasteiger partial charge in [0, 0.05) is 31.8 Å². The fourth-order valence-corrected chi connectivity index (χ4v) is 3.19. The summed E-state index contributed by atoms with van der Waals surface area (Å²) in [6.07, 6.45) is 0. The molecule has 13 nitrogen and oxygen atoms in total. The van der Waals surface area contributed by atoms with Gasteiger partial charge in [-0.15, -0.1) is 10.2 Å². The molecule has 1 aliphatic carbocycles. The summed E-state index contributed by atoms with van der Waals surface area (Å²) in [6, 6.07) is 0.717. The number of rotatable bonds is 5. The Morgan fingerprint density at radius 3 is 2.22 bits per heavy atom. The molecule has 1 aliphatic rings. The first-order valence-electron chi connectivity index (χ1n) is 9.04. The average Bonchev–Trinajstić information content (AvgIpc) is 2.95. The van der Waals surface area contributed by atoms with E-state index in [0.29, 0.717) is 4.57 Å². The molecule has 2 aromatic rings. The zero-order valence-electron chi connectivity index (χ0n) is 17.3. The second-order valence-corrected chi connectivity index (χ2v) is 7.17. The Morgan fingerprint density at radius 2 is 1.66 bits per heavy atom. The molecule has 1 aromatic heterocycles. The average molecular weight is 489 g/mol. The van der Waals surface area contributed by atoms with Gasteiger partial charge in [0.15, 0.2) is 17.3 Å². The molecular weight excluding hydrogens is 471 g/mol. The summed E-state index contributed by atoms with van der Waals surface area (Å²) in [5.74, 6) is -2.10. The third-order valence-electron chi connectivity index (χ3n) is 4.75. The van der Waals surface area contributed by atoms with Crippen molar-refractivity contribution in [3.05, 3.63) is 54.2 Å². The summed E-state index contributed by atoms with van der Waals surface area (Å²) in [4.78, 5) is 60.3. The maximum atomic E-state index is 12.9. The smallest absolute Gasteiger partial charge is 0.493 e. The summed E-state index contributed by atoms with van der Waals surface area (Å²) in [7, 11) is 2.33. The summed E-state index contributed by atoms with van der Waals surface area (Å²) in [5.41, 5.74) is -4.00. The summed E-state index contributed by atoms with van der Waals surface area (Å²) in [6.45, 7) is 3.45. The number of hydrogen-bond acceptors (Lipinski definition) is 10. The van der Waals surface area contributed by atoms with Gasteiger partial charge in [0.2, 0.25) is 11.6 Å². The van der Waals surface area contributed by atoms with E-state index in [2.05, 4.69) is 15.5 Å². The molecule has 2 N–H and O–H groups in total. The molecule has 0 amide bonds. The minimum absolute atomic E-state index is 0. The number of Topliss-reactive ketones (excluding diaryl/α,β-unsaturated/α-hetero) is 2. The number of benzene rings is 1. The first kappa shape index (κ1) is 24.8. The van der Waals surface area contributed by atoms with E-state index in [1.807, 2.05) is 0 Å². The zero-order valence-corrected chi connectivity index (χ0v) is 18.2. The van der Waals surface area contributed by atoms with Crippen LogP contribution in [0.5, 0.6) is 5.88 Å². The Bertz CT molecular complexity index is 1290. The molecule has 0 saturated carbocycles. The van der Waals surface area contributed by atoms with Gasteiger partial charge in [-0.2, -0.15) is 0 Å². The number of carbonyl (C=O) groups is 2. The number of hydrogen-bond donors (Lipinski definition) is 2. The minimum atomic E-state index is -1.23. The molecule has 0 bridgehead atoms. The van der Waals surface area contributed by atoms with E-state index in [4.69, 9.17) is 0 Å². The van der Waals surface area contributed by atoms with Crippen molar-refractivity contribution in [2.24, 2.45) is 24.3 Å². The van der Waals surface area contributed by atoms with Crippen molar-refractivity contribution in [1.29, 1.82) is 0 Å². The molecule has 14 heteroatoms. The Labute approximate surface area is 189 Å². The van der Waals surface area contributed by atoms with Gasteiger partial charge in [0.05, 0.1) is 10.5 Å². The number of aromatic hydroxyl groups is 1. The van der Waals surface area contributed by atoms with Crippen LogP contribution in [0.3, 0.4) is 0 Å². The summed E-state index contributed by atoms with van der Waals surface area (Å²) in [5, 5.41) is 31.7. The van der Waals surface area contributed by atoms with Crippen molar-refractivity contribution in [2.45, 2.75) is 25.9 Å². The predicted octanol–water partition coefficient (Wildman–Crippen LogP) is 0.856. The Morgan fingerprint density at radius 1 is 1.06 bits per heavy atom. The van der Waals surface area contributed by atoms with Crippen molar-refractivity contribution in [3.63, 3.8) is 0 Å². The van der Waals surface area contributed by atoms with Gasteiger partial charge in [-0.3, -0.25) is 38.9 Å². The molecule has 1 aromatic carbocycles. The van der Waals surface area contributed by atoms with Crippen molar-refractivity contribution in [3.8, 4) is 5.88 Å². The van der Waals surface area contributed by atoms with Crippen LogP contribution in [-0.4, -0.2) is 42.8 Å². The summed E-state index contributed by atoms with van der Waals surface area (Å²) < 4.78 is 1.39. The second-order valence-electron chi connectivity index (χ2n) is 7.17. The van der Waals surface area contributed by atoms with Crippen LogP contribution in [0.1, 0.15) is 34.6 Å². The van der Waals surface area contributed by atoms with Crippen molar-refractivity contribution in [1.82, 2.24) is 14.5 Å². The van der Waals surface area contributed by atoms with E-state index >= 15 is 0 Å². The third kappa shape index (κ3) is 3.89. The number of nitrogens with one attached hydrogen (secondary N) is 1. The maximum absolute atomic E-state index is 12.9. The van der Waals surface area contributed by atoms with Crippen molar-refractivity contribution >= 4 is 28.6 Å². The van der Waals surface area contributed by atoms with Gasteiger partial charge in [-0.25, -0.2) is 4.79 Å². The quantitative estimate of drug-likeness (QED) is 0.204. The molecule has 170 valence electrons. The first-order chi connectivity index (χ1) is 14.5. The largest absolute Gasteiger partial charge is 2.00 e. The van der Waals surface area contributed by atoms with Crippen LogP contribution in [0.25, 0.3) is 0 Å². The van der Waals surface area contributed by atoms with Crippen LogP contribution in [0, 0.1) is 10.1 Å². The fraction of sp³-hybridized carbons (Fsp3) is 0.333.